The van der Waals surface area contributed by atoms with Gasteiger partial charge in [-0.25, -0.2) is 8.78 Å². The number of esters is 1. The molecule has 1 aromatic rings. The molecule has 20 heavy (non-hydrogen) atoms. The Kier molecular flexibility index (Phi) is 5.02. The summed E-state index contributed by atoms with van der Waals surface area (Å²) in [7, 11) is 0. The summed E-state index contributed by atoms with van der Waals surface area (Å²) in [6.45, 7) is 1.53. The molecule has 0 N–H and O–H groups in total. The standard InChI is InChI=1S/C11H9F2N3O4/c1-2-20-9(17)4-8-7(10(12)13)3-6(5-14)15-11(8)16(18)19/h3,10H,2,4H2,1H3. The predicted molar refractivity (Wildman–Crippen MR) is 60.9 cm³/mol. The van der Waals surface area contributed by atoms with Crippen molar-refractivity contribution in [2.45, 2.75) is 19.8 Å². The number of aromatic nitrogens is 1. The number of carbonyl (C=O) groups is 1. The van der Waals surface area contributed by atoms with E-state index in [0.29, 0.717) is 0 Å². The first-order valence-corrected chi connectivity index (χ1v) is 5.42. The van der Waals surface area contributed by atoms with Crippen molar-refractivity contribution in [2.24, 2.45) is 0 Å². The number of nitriles is 1. The minimum Gasteiger partial charge on any atom is -0.466 e. The van der Waals surface area contributed by atoms with Crippen LogP contribution in [0.25, 0.3) is 0 Å². The molecule has 0 aliphatic rings. The van der Waals surface area contributed by atoms with Crippen LogP contribution in [0.3, 0.4) is 0 Å². The van der Waals surface area contributed by atoms with Crippen molar-refractivity contribution in [2.75, 3.05) is 6.61 Å². The van der Waals surface area contributed by atoms with Crippen LogP contribution >= 0.6 is 0 Å². The van der Waals surface area contributed by atoms with Gasteiger partial charge in [-0.1, -0.05) is 0 Å². The predicted octanol–water partition coefficient (Wildman–Crippen LogP) is 1.90. The second-order valence-electron chi connectivity index (χ2n) is 3.55. The number of halogens is 2. The first-order valence-electron chi connectivity index (χ1n) is 5.42. The van der Waals surface area contributed by atoms with Gasteiger partial charge in [0.25, 0.3) is 12.1 Å². The number of hydrogen-bond donors (Lipinski definition) is 0. The minimum absolute atomic E-state index is 0.0142. The first kappa shape index (κ1) is 15.4. The normalized spacial score (nSPS) is 10.2. The van der Waals surface area contributed by atoms with Gasteiger partial charge in [-0.15, -0.1) is 0 Å². The van der Waals surface area contributed by atoms with E-state index in [2.05, 4.69) is 9.72 Å². The summed E-state index contributed by atoms with van der Waals surface area (Å²) in [5.74, 6) is -1.82. The maximum Gasteiger partial charge on any atom is 0.369 e. The SMILES string of the molecule is CCOC(=O)Cc1c(C(F)F)cc(C#N)nc1[N+](=O)[O-]. The number of ether oxygens (including phenoxy) is 1. The van der Waals surface area contributed by atoms with Crippen molar-refractivity contribution in [1.29, 1.82) is 5.26 Å². The van der Waals surface area contributed by atoms with Crippen LogP contribution in [-0.4, -0.2) is 22.5 Å². The monoisotopic (exact) mass is 285 g/mol. The molecule has 0 radical (unpaired) electrons. The number of rotatable bonds is 5. The molecule has 7 nitrogen and oxygen atoms in total. The third kappa shape index (κ3) is 3.44. The fraction of sp³-hybridized carbons (Fsp3) is 0.364. The van der Waals surface area contributed by atoms with Gasteiger partial charge in [-0.05, 0) is 16.8 Å². The molecule has 0 amide bonds. The molecule has 0 spiro atoms. The maximum absolute atomic E-state index is 12.9. The highest BCUT2D eigenvalue weighted by Crippen LogP contribution is 2.30. The van der Waals surface area contributed by atoms with E-state index in [1.807, 2.05) is 0 Å². The van der Waals surface area contributed by atoms with Crippen LogP contribution in [0.15, 0.2) is 6.07 Å². The van der Waals surface area contributed by atoms with E-state index in [9.17, 15) is 23.7 Å². The van der Waals surface area contributed by atoms with Crippen LogP contribution in [0.1, 0.15) is 30.2 Å². The summed E-state index contributed by atoms with van der Waals surface area (Å²) in [6.07, 6.45) is -3.78. The van der Waals surface area contributed by atoms with Gasteiger partial charge in [0.15, 0.2) is 0 Å². The van der Waals surface area contributed by atoms with Crippen LogP contribution < -0.4 is 0 Å². The number of pyridine rings is 1. The van der Waals surface area contributed by atoms with Crippen LogP contribution in [-0.2, 0) is 16.0 Å². The van der Waals surface area contributed by atoms with Gasteiger partial charge < -0.3 is 14.9 Å². The van der Waals surface area contributed by atoms with E-state index in [1.165, 1.54) is 13.0 Å². The van der Waals surface area contributed by atoms with E-state index in [0.717, 1.165) is 6.07 Å². The molecular formula is C11H9F2N3O4. The fourth-order valence-corrected chi connectivity index (χ4v) is 1.52. The Hall–Kier alpha value is -2.63. The third-order valence-electron chi connectivity index (χ3n) is 2.29. The Morgan fingerprint density at radius 2 is 2.30 bits per heavy atom. The molecule has 0 aliphatic carbocycles. The number of nitrogens with zero attached hydrogens (tertiary/aromatic N) is 3. The highest BCUT2D eigenvalue weighted by Gasteiger charge is 2.28. The highest BCUT2D eigenvalue weighted by molar-refractivity contribution is 5.74. The number of alkyl halides is 2. The zero-order valence-corrected chi connectivity index (χ0v) is 10.3. The van der Waals surface area contributed by atoms with E-state index in [-0.39, 0.29) is 6.61 Å². The van der Waals surface area contributed by atoms with Gasteiger partial charge in [0, 0.05) is 11.6 Å². The van der Waals surface area contributed by atoms with E-state index < -0.39 is 46.4 Å². The van der Waals surface area contributed by atoms with Crippen molar-refractivity contribution in [1.82, 2.24) is 4.98 Å². The summed E-state index contributed by atoms with van der Waals surface area (Å²) in [5, 5.41) is 19.5. The van der Waals surface area contributed by atoms with E-state index in [4.69, 9.17) is 5.26 Å². The lowest BCUT2D eigenvalue weighted by Crippen LogP contribution is -2.13. The Labute approximate surface area is 111 Å². The molecule has 106 valence electrons. The van der Waals surface area contributed by atoms with Crippen LogP contribution in [0.2, 0.25) is 0 Å². The lowest BCUT2D eigenvalue weighted by Gasteiger charge is -2.08. The summed E-state index contributed by atoms with van der Waals surface area (Å²) in [4.78, 5) is 24.5. The average Bonchev–Trinajstić information content (AvgIpc) is 2.38. The molecule has 1 heterocycles. The molecule has 0 saturated heterocycles. The topological polar surface area (TPSA) is 106 Å². The van der Waals surface area contributed by atoms with Crippen molar-refractivity contribution in [3.8, 4) is 6.07 Å². The molecule has 0 atom stereocenters. The largest absolute Gasteiger partial charge is 0.466 e. The minimum atomic E-state index is -3.08. The lowest BCUT2D eigenvalue weighted by atomic mass is 10.0. The molecule has 9 heteroatoms. The third-order valence-corrected chi connectivity index (χ3v) is 2.29. The molecule has 0 unspecified atom stereocenters. The van der Waals surface area contributed by atoms with E-state index in [1.54, 1.807) is 0 Å². The first-order chi connectivity index (χ1) is 9.40. The number of hydrogen-bond acceptors (Lipinski definition) is 6. The second-order valence-corrected chi connectivity index (χ2v) is 3.55. The van der Waals surface area contributed by atoms with Gasteiger partial charge in [0.1, 0.15) is 6.07 Å². The van der Waals surface area contributed by atoms with E-state index >= 15 is 0 Å². The fourth-order valence-electron chi connectivity index (χ4n) is 1.52. The van der Waals surface area contributed by atoms with Crippen LogP contribution in [0.5, 0.6) is 0 Å². The highest BCUT2D eigenvalue weighted by atomic mass is 19.3. The zero-order valence-electron chi connectivity index (χ0n) is 10.3. The summed E-state index contributed by atoms with van der Waals surface area (Å²) in [5.41, 5.74) is -1.82. The maximum atomic E-state index is 12.9. The summed E-state index contributed by atoms with van der Waals surface area (Å²) >= 11 is 0. The summed E-state index contributed by atoms with van der Waals surface area (Å²) < 4.78 is 30.4. The Bertz CT molecular complexity index is 584. The number of carbonyl (C=O) groups excluding carboxylic acids is 1. The van der Waals surface area contributed by atoms with Gasteiger partial charge in [0.2, 0.25) is 0 Å². The van der Waals surface area contributed by atoms with Crippen molar-refractivity contribution >= 4 is 11.8 Å². The van der Waals surface area contributed by atoms with Gasteiger partial charge in [-0.3, -0.25) is 4.79 Å². The molecule has 1 rings (SSSR count). The second kappa shape index (κ2) is 6.51. The van der Waals surface area contributed by atoms with Crippen molar-refractivity contribution in [3.05, 3.63) is 33.0 Å². The molecule has 0 bridgehead atoms. The smallest absolute Gasteiger partial charge is 0.369 e. The van der Waals surface area contributed by atoms with Gasteiger partial charge in [0.05, 0.1) is 18.6 Å². The Balaban J connectivity index is 3.40. The average molecular weight is 285 g/mol. The number of nitro groups is 1. The van der Waals surface area contributed by atoms with Crippen molar-refractivity contribution in [3.63, 3.8) is 0 Å². The molecule has 0 fully saturated rings. The molecule has 1 aromatic heterocycles. The molecule has 0 saturated carbocycles. The summed E-state index contributed by atoms with van der Waals surface area (Å²) in [6, 6.07) is 2.19. The lowest BCUT2D eigenvalue weighted by molar-refractivity contribution is -0.390. The van der Waals surface area contributed by atoms with Gasteiger partial charge in [-0.2, -0.15) is 5.26 Å². The Morgan fingerprint density at radius 1 is 1.65 bits per heavy atom. The van der Waals surface area contributed by atoms with Crippen LogP contribution in [0, 0.1) is 21.4 Å². The molecule has 0 aromatic carbocycles. The van der Waals surface area contributed by atoms with Gasteiger partial charge >= 0.3 is 11.8 Å². The molecular weight excluding hydrogens is 276 g/mol. The Morgan fingerprint density at radius 3 is 2.75 bits per heavy atom. The quantitative estimate of drug-likeness (QED) is 0.464. The van der Waals surface area contributed by atoms with Crippen molar-refractivity contribution < 1.29 is 23.2 Å². The van der Waals surface area contributed by atoms with Crippen LogP contribution in [0.4, 0.5) is 14.6 Å². The molecule has 0 aliphatic heterocycles. The zero-order chi connectivity index (χ0) is 15.3.